The SMILES string of the molecule is COc1ccc(-n2c(-c3ccc(Cl)cc3Cl)nc(C(=O)NC3CCCCC3)c2CO)cc1. The molecule has 1 aliphatic rings. The van der Waals surface area contributed by atoms with E-state index in [4.69, 9.17) is 27.9 Å². The molecular formula is C24H25Cl2N3O3. The molecule has 1 aliphatic carbocycles. The summed E-state index contributed by atoms with van der Waals surface area (Å²) in [5, 5.41) is 14.3. The molecule has 2 aromatic carbocycles. The Bertz CT molecular complexity index is 1110. The Morgan fingerprint density at radius 3 is 2.50 bits per heavy atom. The van der Waals surface area contributed by atoms with Gasteiger partial charge >= 0.3 is 0 Å². The van der Waals surface area contributed by atoms with Crippen molar-refractivity contribution in [3.8, 4) is 22.8 Å². The summed E-state index contributed by atoms with van der Waals surface area (Å²) in [6.07, 6.45) is 5.30. The Morgan fingerprint density at radius 1 is 1.16 bits per heavy atom. The van der Waals surface area contributed by atoms with Crippen molar-refractivity contribution in [2.45, 2.75) is 44.8 Å². The number of carbonyl (C=O) groups is 1. The lowest BCUT2D eigenvalue weighted by atomic mass is 9.95. The van der Waals surface area contributed by atoms with Gasteiger partial charge < -0.3 is 15.2 Å². The van der Waals surface area contributed by atoms with Crippen molar-refractivity contribution in [1.82, 2.24) is 14.9 Å². The second-order valence-corrected chi connectivity index (χ2v) is 8.70. The number of benzene rings is 2. The van der Waals surface area contributed by atoms with Crippen LogP contribution < -0.4 is 10.1 Å². The predicted octanol–water partition coefficient (Wildman–Crippen LogP) is 5.41. The summed E-state index contributed by atoms with van der Waals surface area (Å²) in [5.41, 5.74) is 1.91. The standard InChI is InChI=1S/C24H25Cl2N3O3/c1-32-18-10-8-17(9-11-18)29-21(14-30)22(24(31)27-16-5-3-2-4-6-16)28-23(29)19-12-7-15(25)13-20(19)26/h7-13,16,30H,2-6,14H2,1H3,(H,27,31). The van der Waals surface area contributed by atoms with Gasteiger partial charge in [0, 0.05) is 22.3 Å². The average molecular weight is 474 g/mol. The number of hydrogen-bond donors (Lipinski definition) is 2. The molecule has 4 rings (SSSR count). The number of aliphatic hydroxyl groups excluding tert-OH is 1. The van der Waals surface area contributed by atoms with E-state index in [1.54, 1.807) is 29.9 Å². The van der Waals surface area contributed by atoms with Crippen LogP contribution in [-0.4, -0.2) is 33.7 Å². The number of aliphatic hydroxyl groups is 1. The Hall–Kier alpha value is -2.54. The zero-order valence-electron chi connectivity index (χ0n) is 17.8. The molecule has 0 unspecified atom stereocenters. The van der Waals surface area contributed by atoms with E-state index in [2.05, 4.69) is 10.3 Å². The van der Waals surface area contributed by atoms with E-state index in [-0.39, 0.29) is 24.2 Å². The van der Waals surface area contributed by atoms with Crippen LogP contribution in [0.5, 0.6) is 5.75 Å². The lowest BCUT2D eigenvalue weighted by molar-refractivity contribution is 0.0919. The smallest absolute Gasteiger partial charge is 0.272 e. The largest absolute Gasteiger partial charge is 0.497 e. The van der Waals surface area contributed by atoms with Crippen LogP contribution in [-0.2, 0) is 6.61 Å². The van der Waals surface area contributed by atoms with Crippen LogP contribution in [0, 0.1) is 0 Å². The van der Waals surface area contributed by atoms with Crippen molar-refractivity contribution in [3.05, 3.63) is 63.9 Å². The number of aromatic nitrogens is 2. The van der Waals surface area contributed by atoms with Crippen molar-refractivity contribution < 1.29 is 14.6 Å². The van der Waals surface area contributed by atoms with E-state index < -0.39 is 0 Å². The molecule has 6 nitrogen and oxygen atoms in total. The molecule has 0 spiro atoms. The number of carbonyl (C=O) groups excluding carboxylic acids is 1. The van der Waals surface area contributed by atoms with Gasteiger partial charge in [-0.1, -0.05) is 42.5 Å². The van der Waals surface area contributed by atoms with Crippen LogP contribution in [0.4, 0.5) is 0 Å². The fraction of sp³-hybridized carbons (Fsp3) is 0.333. The molecule has 8 heteroatoms. The fourth-order valence-corrected chi connectivity index (χ4v) is 4.64. The summed E-state index contributed by atoms with van der Waals surface area (Å²) in [6.45, 7) is -0.363. The van der Waals surface area contributed by atoms with E-state index in [0.717, 1.165) is 31.4 Å². The van der Waals surface area contributed by atoms with Gasteiger partial charge in [0.25, 0.3) is 5.91 Å². The van der Waals surface area contributed by atoms with Gasteiger partial charge in [-0.3, -0.25) is 9.36 Å². The van der Waals surface area contributed by atoms with Gasteiger partial charge in [-0.05, 0) is 55.3 Å². The molecule has 1 heterocycles. The molecule has 1 fully saturated rings. The van der Waals surface area contributed by atoms with E-state index in [9.17, 15) is 9.90 Å². The van der Waals surface area contributed by atoms with Crippen LogP contribution in [0.25, 0.3) is 17.1 Å². The molecule has 0 bridgehead atoms. The lowest BCUT2D eigenvalue weighted by Crippen LogP contribution is -2.36. The van der Waals surface area contributed by atoms with Crippen LogP contribution >= 0.6 is 23.2 Å². The Labute approximate surface area is 197 Å². The minimum Gasteiger partial charge on any atom is -0.497 e. The van der Waals surface area contributed by atoms with Crippen molar-refractivity contribution in [1.29, 1.82) is 0 Å². The molecule has 1 saturated carbocycles. The maximum atomic E-state index is 13.2. The number of amides is 1. The van der Waals surface area contributed by atoms with Crippen molar-refractivity contribution in [3.63, 3.8) is 0 Å². The summed E-state index contributed by atoms with van der Waals surface area (Å²) in [6, 6.07) is 12.5. The second kappa shape index (κ2) is 9.94. The Kier molecular flexibility index (Phi) is 7.04. The van der Waals surface area contributed by atoms with Gasteiger partial charge in [-0.2, -0.15) is 0 Å². The van der Waals surface area contributed by atoms with Gasteiger partial charge in [0.05, 0.1) is 24.4 Å². The van der Waals surface area contributed by atoms with Crippen LogP contribution in [0.2, 0.25) is 10.0 Å². The highest BCUT2D eigenvalue weighted by molar-refractivity contribution is 6.36. The number of methoxy groups -OCH3 is 1. The number of nitrogens with one attached hydrogen (secondary N) is 1. The molecule has 32 heavy (non-hydrogen) atoms. The molecule has 3 aromatic rings. The zero-order chi connectivity index (χ0) is 22.7. The van der Waals surface area contributed by atoms with Crippen LogP contribution in [0.15, 0.2) is 42.5 Å². The van der Waals surface area contributed by atoms with E-state index in [0.29, 0.717) is 32.9 Å². The number of nitrogens with zero attached hydrogens (tertiary/aromatic N) is 2. The van der Waals surface area contributed by atoms with E-state index in [1.165, 1.54) is 6.42 Å². The molecule has 0 atom stereocenters. The highest BCUT2D eigenvalue weighted by Gasteiger charge is 2.27. The Morgan fingerprint density at radius 2 is 1.88 bits per heavy atom. The van der Waals surface area contributed by atoms with Gasteiger partial charge in [0.1, 0.15) is 11.6 Å². The van der Waals surface area contributed by atoms with E-state index >= 15 is 0 Å². The molecule has 0 saturated heterocycles. The quantitative estimate of drug-likeness (QED) is 0.501. The number of ether oxygens (including phenoxy) is 1. The number of hydrogen-bond acceptors (Lipinski definition) is 4. The predicted molar refractivity (Wildman–Crippen MR) is 126 cm³/mol. The molecule has 0 aliphatic heterocycles. The zero-order valence-corrected chi connectivity index (χ0v) is 19.3. The van der Waals surface area contributed by atoms with Crippen molar-refractivity contribution in [2.24, 2.45) is 0 Å². The van der Waals surface area contributed by atoms with Gasteiger partial charge in [-0.25, -0.2) is 4.98 Å². The van der Waals surface area contributed by atoms with Crippen LogP contribution in [0.1, 0.15) is 48.3 Å². The van der Waals surface area contributed by atoms with Crippen molar-refractivity contribution in [2.75, 3.05) is 7.11 Å². The molecule has 1 aromatic heterocycles. The Balaban J connectivity index is 1.83. The first-order valence-corrected chi connectivity index (χ1v) is 11.4. The maximum Gasteiger partial charge on any atom is 0.272 e. The summed E-state index contributed by atoms with van der Waals surface area (Å²) in [7, 11) is 1.60. The average Bonchev–Trinajstić information content (AvgIpc) is 3.19. The second-order valence-electron chi connectivity index (χ2n) is 7.85. The minimum absolute atomic E-state index is 0.122. The summed E-state index contributed by atoms with van der Waals surface area (Å²) < 4.78 is 7.02. The number of halogens is 2. The first-order valence-electron chi connectivity index (χ1n) is 10.6. The normalized spacial score (nSPS) is 14.4. The molecule has 0 radical (unpaired) electrons. The first kappa shape index (κ1) is 22.6. The first-order chi connectivity index (χ1) is 15.5. The summed E-state index contributed by atoms with van der Waals surface area (Å²) in [4.78, 5) is 17.8. The maximum absolute atomic E-state index is 13.2. The topological polar surface area (TPSA) is 76.4 Å². The highest BCUT2D eigenvalue weighted by Crippen LogP contribution is 2.34. The lowest BCUT2D eigenvalue weighted by Gasteiger charge is -2.22. The third-order valence-corrected chi connectivity index (χ3v) is 6.33. The molecule has 2 N–H and O–H groups in total. The van der Waals surface area contributed by atoms with Gasteiger partial charge in [-0.15, -0.1) is 0 Å². The number of imidazole rings is 1. The van der Waals surface area contributed by atoms with E-state index in [1.807, 2.05) is 24.3 Å². The summed E-state index contributed by atoms with van der Waals surface area (Å²) >= 11 is 12.6. The third-order valence-electron chi connectivity index (χ3n) is 5.78. The van der Waals surface area contributed by atoms with Gasteiger partial charge in [0.15, 0.2) is 5.69 Å². The molecular weight excluding hydrogens is 449 g/mol. The monoisotopic (exact) mass is 473 g/mol. The van der Waals surface area contributed by atoms with Gasteiger partial charge in [0.2, 0.25) is 0 Å². The van der Waals surface area contributed by atoms with Crippen LogP contribution in [0.3, 0.4) is 0 Å². The molecule has 1 amide bonds. The third kappa shape index (κ3) is 4.63. The van der Waals surface area contributed by atoms with Crippen molar-refractivity contribution >= 4 is 29.1 Å². The summed E-state index contributed by atoms with van der Waals surface area (Å²) in [5.74, 6) is 0.856. The highest BCUT2D eigenvalue weighted by atomic mass is 35.5. The minimum atomic E-state index is -0.363. The fourth-order valence-electron chi connectivity index (χ4n) is 4.14. The molecule has 168 valence electrons. The number of rotatable bonds is 6.